The molecule has 2 aliphatic heterocycles. The quantitative estimate of drug-likeness (QED) is 0.228. The van der Waals surface area contributed by atoms with Gasteiger partial charge < -0.3 is 15.2 Å². The molecule has 0 saturated carbocycles. The molecule has 8 rings (SSSR count). The average molecular weight is 556 g/mol. The van der Waals surface area contributed by atoms with Crippen molar-refractivity contribution in [2.24, 2.45) is 9.98 Å². The average Bonchev–Trinajstić information content (AvgIpc) is 3.43. The zero-order chi connectivity index (χ0) is 28.6. The number of para-hydroxylation sites is 1. The monoisotopic (exact) mass is 555 g/mol. The molecule has 0 spiro atoms. The number of dihydropyridines is 1. The van der Waals surface area contributed by atoms with Crippen LogP contribution in [0.15, 0.2) is 167 Å². The molecule has 2 N–H and O–H groups in total. The van der Waals surface area contributed by atoms with Gasteiger partial charge in [0.25, 0.3) is 0 Å². The number of rotatable bonds is 5. The molecule has 0 saturated heterocycles. The van der Waals surface area contributed by atoms with E-state index in [0.717, 1.165) is 28.4 Å². The van der Waals surface area contributed by atoms with Gasteiger partial charge in [0.2, 0.25) is 0 Å². The van der Waals surface area contributed by atoms with E-state index in [0.29, 0.717) is 0 Å². The van der Waals surface area contributed by atoms with Crippen molar-refractivity contribution in [2.75, 3.05) is 0 Å². The summed E-state index contributed by atoms with van der Waals surface area (Å²) >= 11 is 0. The Labute approximate surface area is 250 Å². The van der Waals surface area contributed by atoms with E-state index in [1.54, 1.807) is 0 Å². The number of benzene rings is 5. The highest BCUT2D eigenvalue weighted by molar-refractivity contribution is 6.13. The number of fused-ring (bicyclic) bond motifs is 3. The van der Waals surface area contributed by atoms with Crippen molar-refractivity contribution < 1.29 is 0 Å². The number of hydrogen-bond acceptors (Lipinski definition) is 4. The molecule has 206 valence electrons. The van der Waals surface area contributed by atoms with E-state index in [2.05, 4.69) is 131 Å². The van der Waals surface area contributed by atoms with Gasteiger partial charge in [0.15, 0.2) is 5.84 Å². The van der Waals surface area contributed by atoms with Crippen molar-refractivity contribution in [3.63, 3.8) is 0 Å². The fourth-order valence-electron chi connectivity index (χ4n) is 6.01. The van der Waals surface area contributed by atoms with Crippen LogP contribution in [0.1, 0.15) is 17.3 Å². The van der Waals surface area contributed by atoms with Gasteiger partial charge >= 0.3 is 0 Å². The lowest BCUT2D eigenvalue weighted by Crippen LogP contribution is -2.41. The van der Waals surface area contributed by atoms with Crippen LogP contribution in [0.3, 0.4) is 0 Å². The molecule has 1 aromatic heterocycles. The Kier molecular flexibility index (Phi) is 6.19. The lowest BCUT2D eigenvalue weighted by atomic mass is 10.0. The second-order valence-electron chi connectivity index (χ2n) is 10.8. The largest absolute Gasteiger partial charge is 0.367 e. The second kappa shape index (κ2) is 10.6. The molecule has 5 aromatic carbocycles. The first-order valence-electron chi connectivity index (χ1n) is 14.6. The molecular formula is C38H29N5. The zero-order valence-electron chi connectivity index (χ0n) is 23.4. The van der Waals surface area contributed by atoms with Crippen molar-refractivity contribution in [3.05, 3.63) is 169 Å². The third-order valence-electron chi connectivity index (χ3n) is 8.13. The minimum absolute atomic E-state index is 0.0550. The van der Waals surface area contributed by atoms with E-state index in [1.807, 2.05) is 36.4 Å². The van der Waals surface area contributed by atoms with E-state index in [4.69, 9.17) is 9.98 Å². The summed E-state index contributed by atoms with van der Waals surface area (Å²) in [6, 6.07) is 46.4. The number of aliphatic imine (C=N–C) groups is 2. The molecule has 0 aliphatic carbocycles. The van der Waals surface area contributed by atoms with Crippen molar-refractivity contribution >= 4 is 33.5 Å². The van der Waals surface area contributed by atoms with Crippen LogP contribution in [0.4, 0.5) is 0 Å². The van der Waals surface area contributed by atoms with Crippen LogP contribution in [0, 0.1) is 0 Å². The standard InChI is InChI=1S/C38H29N5/c1-4-12-26(13-5-1)29-20-22-32-31-18-10-11-19-33(31)43(34(32)24-29)35-23-21-30(25-39-35)38-41-36(27-14-6-2-7-15-27)40-37(42-38)28-16-8-3-9-17-28/h1-25,35,38-39H,(H,40,41,42). The smallest absolute Gasteiger partial charge is 0.159 e. The van der Waals surface area contributed by atoms with Gasteiger partial charge in [0.05, 0.1) is 11.0 Å². The van der Waals surface area contributed by atoms with Crippen LogP contribution < -0.4 is 10.6 Å². The highest BCUT2D eigenvalue weighted by atomic mass is 15.2. The van der Waals surface area contributed by atoms with Gasteiger partial charge in [-0.05, 0) is 29.3 Å². The molecule has 5 nitrogen and oxygen atoms in total. The Hall–Kier alpha value is -5.68. The maximum absolute atomic E-state index is 5.04. The maximum Gasteiger partial charge on any atom is 0.159 e. The number of hydrogen-bond donors (Lipinski definition) is 2. The van der Waals surface area contributed by atoms with E-state index in [9.17, 15) is 0 Å². The Morgan fingerprint density at radius 3 is 1.95 bits per heavy atom. The summed E-state index contributed by atoms with van der Waals surface area (Å²) < 4.78 is 2.39. The van der Waals surface area contributed by atoms with E-state index >= 15 is 0 Å². The SMILES string of the molecule is C1=CC(n2c3ccccc3c3ccc(-c4ccccc4)cc32)NC=C1C1N=C(c2ccccc2)N=C(c2ccccc2)N1. The van der Waals surface area contributed by atoms with E-state index in [-0.39, 0.29) is 12.3 Å². The predicted octanol–water partition coefficient (Wildman–Crippen LogP) is 7.83. The van der Waals surface area contributed by atoms with Gasteiger partial charge in [-0.15, -0.1) is 0 Å². The van der Waals surface area contributed by atoms with Crippen LogP contribution in [0.5, 0.6) is 0 Å². The summed E-state index contributed by atoms with van der Waals surface area (Å²) in [6.45, 7) is 0. The molecule has 2 aliphatic rings. The lowest BCUT2D eigenvalue weighted by molar-refractivity contribution is 0.565. The summed E-state index contributed by atoms with van der Waals surface area (Å²) in [5.41, 5.74) is 7.87. The first-order valence-corrected chi connectivity index (χ1v) is 14.6. The minimum atomic E-state index is -0.282. The van der Waals surface area contributed by atoms with Crippen LogP contribution in [-0.4, -0.2) is 22.4 Å². The van der Waals surface area contributed by atoms with Crippen molar-refractivity contribution in [1.82, 2.24) is 15.2 Å². The number of nitrogens with zero attached hydrogens (tertiary/aromatic N) is 3. The Balaban J connectivity index is 1.16. The fraction of sp³-hybridized carbons (Fsp3) is 0.0526. The van der Waals surface area contributed by atoms with Gasteiger partial charge in [-0.2, -0.15) is 0 Å². The highest BCUT2D eigenvalue weighted by Crippen LogP contribution is 2.35. The summed E-state index contributed by atoms with van der Waals surface area (Å²) in [4.78, 5) is 9.94. The van der Waals surface area contributed by atoms with Crippen LogP contribution in [-0.2, 0) is 0 Å². The van der Waals surface area contributed by atoms with Gasteiger partial charge in [-0.3, -0.25) is 0 Å². The Morgan fingerprint density at radius 1 is 0.581 bits per heavy atom. The van der Waals surface area contributed by atoms with Crippen molar-refractivity contribution in [1.29, 1.82) is 0 Å². The third-order valence-corrected chi connectivity index (χ3v) is 8.13. The number of aromatic nitrogens is 1. The molecule has 0 amide bonds. The molecule has 2 atom stereocenters. The second-order valence-corrected chi connectivity index (χ2v) is 10.8. The molecule has 5 heteroatoms. The highest BCUT2D eigenvalue weighted by Gasteiger charge is 2.24. The molecule has 3 heterocycles. The minimum Gasteiger partial charge on any atom is -0.367 e. The van der Waals surface area contributed by atoms with Gasteiger partial charge in [0.1, 0.15) is 18.2 Å². The zero-order valence-corrected chi connectivity index (χ0v) is 23.4. The van der Waals surface area contributed by atoms with Crippen LogP contribution in [0.2, 0.25) is 0 Å². The van der Waals surface area contributed by atoms with Crippen molar-refractivity contribution in [3.8, 4) is 11.1 Å². The van der Waals surface area contributed by atoms with Crippen LogP contribution >= 0.6 is 0 Å². The Morgan fingerprint density at radius 2 is 1.23 bits per heavy atom. The lowest BCUT2D eigenvalue weighted by Gasteiger charge is -2.28. The van der Waals surface area contributed by atoms with Gasteiger partial charge in [0, 0.05) is 33.7 Å². The number of amidine groups is 2. The van der Waals surface area contributed by atoms with E-state index < -0.39 is 0 Å². The van der Waals surface area contributed by atoms with Crippen molar-refractivity contribution in [2.45, 2.75) is 12.3 Å². The molecule has 6 aromatic rings. The predicted molar refractivity (Wildman–Crippen MR) is 177 cm³/mol. The maximum atomic E-state index is 5.04. The Bertz CT molecular complexity index is 2070. The molecule has 0 bridgehead atoms. The molecular weight excluding hydrogens is 526 g/mol. The topological polar surface area (TPSA) is 53.7 Å². The fourth-order valence-corrected chi connectivity index (χ4v) is 6.01. The normalized spacial score (nSPS) is 18.0. The summed E-state index contributed by atoms with van der Waals surface area (Å²) in [6.07, 6.45) is 6.16. The molecule has 2 unspecified atom stereocenters. The summed E-state index contributed by atoms with van der Waals surface area (Å²) in [5, 5.41) is 9.75. The summed E-state index contributed by atoms with van der Waals surface area (Å²) in [5.74, 6) is 1.53. The van der Waals surface area contributed by atoms with Gasteiger partial charge in [-0.25, -0.2) is 9.98 Å². The van der Waals surface area contributed by atoms with E-state index in [1.165, 1.54) is 32.9 Å². The molecule has 0 radical (unpaired) electrons. The van der Waals surface area contributed by atoms with Crippen LogP contribution in [0.25, 0.3) is 32.9 Å². The molecule has 43 heavy (non-hydrogen) atoms. The number of nitrogens with one attached hydrogen (secondary N) is 2. The third kappa shape index (κ3) is 4.61. The first kappa shape index (κ1) is 25.1. The van der Waals surface area contributed by atoms with Gasteiger partial charge in [-0.1, -0.05) is 127 Å². The summed E-state index contributed by atoms with van der Waals surface area (Å²) in [7, 11) is 0. The first-order chi connectivity index (χ1) is 21.3. The molecule has 0 fully saturated rings.